The molecule has 5 atom stereocenters. The van der Waals surface area contributed by atoms with E-state index in [9.17, 15) is 18.0 Å². The minimum absolute atomic E-state index is 0.0137. The first kappa shape index (κ1) is 23.1. The molecule has 4 aliphatic rings. The summed E-state index contributed by atoms with van der Waals surface area (Å²) in [6.45, 7) is 2.01. The molecule has 0 bridgehead atoms. The summed E-state index contributed by atoms with van der Waals surface area (Å²) in [6, 6.07) is 1.63. The van der Waals surface area contributed by atoms with Gasteiger partial charge >= 0.3 is 6.18 Å². The van der Waals surface area contributed by atoms with Crippen molar-refractivity contribution in [2.45, 2.75) is 75.9 Å². The molecule has 1 N–H and O–H groups in total. The Morgan fingerprint density at radius 1 is 1.36 bits per heavy atom. The number of carbonyl (C=O) groups is 1. The van der Waals surface area contributed by atoms with Crippen molar-refractivity contribution in [2.24, 2.45) is 11.3 Å². The van der Waals surface area contributed by atoms with Crippen LogP contribution in [0.15, 0.2) is 12.3 Å². The maximum absolute atomic E-state index is 13.9. The van der Waals surface area contributed by atoms with Crippen molar-refractivity contribution >= 4 is 5.91 Å². The smallest absolute Gasteiger partial charge is 0.379 e. The Hall–Kier alpha value is -1.71. The average Bonchev–Trinajstić information content (AvgIpc) is 3.35. The van der Waals surface area contributed by atoms with Gasteiger partial charge in [0.2, 0.25) is 5.91 Å². The quantitative estimate of drug-likeness (QED) is 0.736. The van der Waals surface area contributed by atoms with Crippen molar-refractivity contribution in [3.63, 3.8) is 0 Å². The highest BCUT2D eigenvalue weighted by molar-refractivity contribution is 5.84. The van der Waals surface area contributed by atoms with E-state index in [2.05, 4.69) is 10.3 Å². The molecule has 0 aromatic carbocycles. The minimum Gasteiger partial charge on any atom is -0.379 e. The fourth-order valence-corrected chi connectivity index (χ4v) is 6.63. The second-order valence-corrected chi connectivity index (χ2v) is 10.1. The van der Waals surface area contributed by atoms with Crippen molar-refractivity contribution in [1.82, 2.24) is 15.2 Å². The molecule has 1 aromatic heterocycles. The fourth-order valence-electron chi connectivity index (χ4n) is 6.63. The molecule has 2 unspecified atom stereocenters. The lowest BCUT2D eigenvalue weighted by atomic mass is 9.78. The summed E-state index contributed by atoms with van der Waals surface area (Å²) < 4.78 is 50.7. The lowest BCUT2D eigenvalue weighted by Gasteiger charge is -2.38. The van der Waals surface area contributed by atoms with Crippen molar-refractivity contribution in [2.75, 3.05) is 26.9 Å². The normalized spacial score (nSPS) is 34.2. The molecule has 0 radical (unpaired) electrons. The van der Waals surface area contributed by atoms with Gasteiger partial charge in [0.1, 0.15) is 0 Å². The van der Waals surface area contributed by atoms with E-state index >= 15 is 0 Å². The van der Waals surface area contributed by atoms with Gasteiger partial charge in [-0.3, -0.25) is 9.78 Å². The second kappa shape index (κ2) is 8.82. The van der Waals surface area contributed by atoms with Crippen LogP contribution in [0.2, 0.25) is 0 Å². The molecule has 3 heterocycles. The largest absolute Gasteiger partial charge is 0.417 e. The van der Waals surface area contributed by atoms with E-state index in [0.29, 0.717) is 43.4 Å². The number of fused-ring (bicyclic) bond motifs is 2. The lowest BCUT2D eigenvalue weighted by Crippen LogP contribution is -2.51. The van der Waals surface area contributed by atoms with Crippen LogP contribution in [0.5, 0.6) is 0 Å². The summed E-state index contributed by atoms with van der Waals surface area (Å²) in [7, 11) is 1.70. The van der Waals surface area contributed by atoms with Gasteiger partial charge in [0.05, 0.1) is 23.7 Å². The molecule has 5 rings (SSSR count). The highest BCUT2D eigenvalue weighted by atomic mass is 19.4. The summed E-state index contributed by atoms with van der Waals surface area (Å²) >= 11 is 0. The number of hydrogen-bond donors (Lipinski definition) is 1. The third kappa shape index (κ3) is 4.28. The molecule has 33 heavy (non-hydrogen) atoms. The van der Waals surface area contributed by atoms with Crippen LogP contribution in [0, 0.1) is 11.3 Å². The van der Waals surface area contributed by atoms with Gasteiger partial charge in [-0.25, -0.2) is 0 Å². The van der Waals surface area contributed by atoms with Crippen LogP contribution in [0.1, 0.15) is 55.3 Å². The Kier molecular flexibility index (Phi) is 6.16. The molecule has 182 valence electrons. The molecule has 2 aliphatic carbocycles. The minimum atomic E-state index is -4.43. The van der Waals surface area contributed by atoms with Gasteiger partial charge in [-0.2, -0.15) is 13.2 Å². The maximum atomic E-state index is 13.9. The second-order valence-electron chi connectivity index (χ2n) is 10.1. The molecule has 2 saturated carbocycles. The number of methoxy groups -OCH3 is 1. The Balaban J connectivity index is 1.31. The number of hydrogen-bond acceptors (Lipinski definition) is 5. The fraction of sp³-hybridized carbons (Fsp3) is 0.750. The highest BCUT2D eigenvalue weighted by Crippen LogP contribution is 2.55. The van der Waals surface area contributed by atoms with Gasteiger partial charge in [0.15, 0.2) is 0 Å². The number of nitrogens with zero attached hydrogens (tertiary/aromatic N) is 2. The highest BCUT2D eigenvalue weighted by Gasteiger charge is 2.56. The van der Waals surface area contributed by atoms with Gasteiger partial charge in [0, 0.05) is 57.2 Å². The Bertz CT molecular complexity index is 895. The number of alkyl halides is 3. The number of carbonyl (C=O) groups excluding carboxylic acids is 1. The summed E-state index contributed by atoms with van der Waals surface area (Å²) in [4.78, 5) is 19.7. The van der Waals surface area contributed by atoms with Crippen LogP contribution in [0.3, 0.4) is 0 Å². The topological polar surface area (TPSA) is 63.7 Å². The molecule has 6 nitrogen and oxygen atoms in total. The number of rotatable bonds is 4. The molecule has 1 amide bonds. The van der Waals surface area contributed by atoms with Crippen LogP contribution in [0.4, 0.5) is 13.2 Å². The molecule has 1 saturated heterocycles. The standard InChI is InChI=1S/C24H32F3N3O3/c1-32-21-14-33-8-5-20(21)29-18-10-16-3-2-6-23(16,11-18)22(31)30-7-4-19-15(13-30)9-17(12-28-19)24(25,26)27/h9,12,16,18,20-21,29H,2-8,10-11,13-14H2,1H3/t16-,18-,20?,21?,23-/m0/s1. The zero-order chi connectivity index (χ0) is 23.2. The van der Waals surface area contributed by atoms with Gasteiger partial charge in [-0.15, -0.1) is 0 Å². The van der Waals surface area contributed by atoms with E-state index in [0.717, 1.165) is 44.7 Å². The van der Waals surface area contributed by atoms with Gasteiger partial charge in [-0.1, -0.05) is 6.42 Å². The zero-order valence-corrected chi connectivity index (χ0v) is 19.0. The van der Waals surface area contributed by atoms with Crippen molar-refractivity contribution < 1.29 is 27.4 Å². The molecular weight excluding hydrogens is 435 g/mol. The van der Waals surface area contributed by atoms with Gasteiger partial charge < -0.3 is 19.7 Å². The molecule has 9 heteroatoms. The number of ether oxygens (including phenoxy) is 2. The number of aromatic nitrogens is 1. The summed E-state index contributed by atoms with van der Waals surface area (Å²) in [5.74, 6) is 0.442. The molecule has 3 fully saturated rings. The van der Waals surface area contributed by atoms with E-state index in [4.69, 9.17) is 9.47 Å². The van der Waals surface area contributed by atoms with E-state index in [1.54, 1.807) is 12.0 Å². The Morgan fingerprint density at radius 3 is 3.00 bits per heavy atom. The third-order valence-corrected chi connectivity index (χ3v) is 8.27. The number of pyridine rings is 1. The summed E-state index contributed by atoms with van der Waals surface area (Å²) in [6.07, 6.45) is 2.55. The van der Waals surface area contributed by atoms with E-state index in [-0.39, 0.29) is 30.6 Å². The van der Waals surface area contributed by atoms with Gasteiger partial charge in [0.25, 0.3) is 0 Å². The third-order valence-electron chi connectivity index (χ3n) is 8.27. The SMILES string of the molecule is COC1COCCC1N[C@H]1C[C@@H]2CCC[C@]2(C(=O)N2CCc3ncc(C(F)(F)F)cc3C2)C1. The summed E-state index contributed by atoms with van der Waals surface area (Å²) in [5, 5.41) is 3.76. The Labute approximate surface area is 192 Å². The molecular formula is C24H32F3N3O3. The Morgan fingerprint density at radius 2 is 2.21 bits per heavy atom. The number of nitrogens with one attached hydrogen (secondary N) is 1. The van der Waals surface area contributed by atoms with Crippen LogP contribution < -0.4 is 5.32 Å². The van der Waals surface area contributed by atoms with E-state index < -0.39 is 17.2 Å². The predicted octanol–water partition coefficient (Wildman–Crippen LogP) is 3.33. The van der Waals surface area contributed by atoms with Crippen LogP contribution in [-0.4, -0.2) is 60.8 Å². The molecule has 0 spiro atoms. The molecule has 1 aromatic rings. The van der Waals surface area contributed by atoms with E-state index in [1.807, 2.05) is 0 Å². The zero-order valence-electron chi connectivity index (χ0n) is 19.0. The molecule has 2 aliphatic heterocycles. The van der Waals surface area contributed by atoms with Crippen LogP contribution >= 0.6 is 0 Å². The monoisotopic (exact) mass is 467 g/mol. The van der Waals surface area contributed by atoms with E-state index in [1.165, 1.54) is 6.07 Å². The first-order valence-corrected chi connectivity index (χ1v) is 12.0. The lowest BCUT2D eigenvalue weighted by molar-refractivity contribution is -0.144. The average molecular weight is 468 g/mol. The summed E-state index contributed by atoms with van der Waals surface area (Å²) in [5.41, 5.74) is 0.0383. The maximum Gasteiger partial charge on any atom is 0.417 e. The van der Waals surface area contributed by atoms with Crippen molar-refractivity contribution in [1.29, 1.82) is 0 Å². The predicted molar refractivity (Wildman–Crippen MR) is 114 cm³/mol. The first-order valence-electron chi connectivity index (χ1n) is 12.0. The number of halogens is 3. The van der Waals surface area contributed by atoms with Crippen LogP contribution in [0.25, 0.3) is 0 Å². The van der Waals surface area contributed by atoms with Crippen molar-refractivity contribution in [3.8, 4) is 0 Å². The first-order chi connectivity index (χ1) is 15.8. The van der Waals surface area contributed by atoms with Crippen LogP contribution in [-0.2, 0) is 33.4 Å². The number of amides is 1. The van der Waals surface area contributed by atoms with Gasteiger partial charge in [-0.05, 0) is 49.7 Å². The van der Waals surface area contributed by atoms with Crippen molar-refractivity contribution in [3.05, 3.63) is 29.1 Å².